The number of aromatic nitrogens is 2. The van der Waals surface area contributed by atoms with E-state index in [0.29, 0.717) is 5.76 Å². The second-order valence-corrected chi connectivity index (χ2v) is 5.66. The minimum absolute atomic E-state index is 0.553. The van der Waals surface area contributed by atoms with Gasteiger partial charge >= 0.3 is 0 Å². The number of furan rings is 1. The fourth-order valence-corrected chi connectivity index (χ4v) is 3.02. The third-order valence-corrected chi connectivity index (χ3v) is 4.17. The Labute approximate surface area is 121 Å². The van der Waals surface area contributed by atoms with Crippen molar-refractivity contribution >= 4 is 22.5 Å². The van der Waals surface area contributed by atoms with Gasteiger partial charge in [0.25, 0.3) is 0 Å². The molecule has 0 saturated carbocycles. The smallest absolute Gasteiger partial charge is 0.149 e. The molecule has 5 heteroatoms. The van der Waals surface area contributed by atoms with Gasteiger partial charge in [-0.05, 0) is 36.5 Å². The summed E-state index contributed by atoms with van der Waals surface area (Å²) in [5, 5.41) is 15.6. The minimum Gasteiger partial charge on any atom is -0.458 e. The van der Waals surface area contributed by atoms with E-state index in [1.54, 1.807) is 0 Å². The Morgan fingerprint density at radius 2 is 2.25 bits per heavy atom. The molecule has 1 N–H and O–H groups in total. The Hall–Kier alpha value is -1.72. The number of hydrogen-bond donors (Lipinski definition) is 1. The highest BCUT2D eigenvalue weighted by Gasteiger charge is 2.22. The SMILES string of the molecule is CCCc1nnsc1C(O)c1cc2cccc(C)c2o1. The predicted octanol–water partition coefficient (Wildman–Crippen LogP) is 3.63. The first-order valence-electron chi connectivity index (χ1n) is 6.69. The van der Waals surface area contributed by atoms with E-state index in [1.807, 2.05) is 31.2 Å². The number of aliphatic hydroxyl groups excluding tert-OH is 1. The van der Waals surface area contributed by atoms with E-state index in [9.17, 15) is 5.11 Å². The second kappa shape index (κ2) is 5.34. The number of fused-ring (bicyclic) bond motifs is 1. The lowest BCUT2D eigenvalue weighted by Gasteiger charge is -2.05. The number of benzene rings is 1. The van der Waals surface area contributed by atoms with Crippen molar-refractivity contribution in [2.45, 2.75) is 32.8 Å². The lowest BCUT2D eigenvalue weighted by Crippen LogP contribution is -2.00. The molecule has 0 aliphatic carbocycles. The average molecular weight is 288 g/mol. The first-order valence-corrected chi connectivity index (χ1v) is 7.46. The molecule has 1 atom stereocenters. The summed E-state index contributed by atoms with van der Waals surface area (Å²) in [6.07, 6.45) is 1.01. The van der Waals surface area contributed by atoms with E-state index >= 15 is 0 Å². The quantitative estimate of drug-likeness (QED) is 0.796. The van der Waals surface area contributed by atoms with E-state index in [4.69, 9.17) is 4.42 Å². The topological polar surface area (TPSA) is 59.2 Å². The summed E-state index contributed by atoms with van der Waals surface area (Å²) in [4.78, 5) is 0.781. The maximum atomic E-state index is 10.5. The van der Waals surface area contributed by atoms with Crippen LogP contribution in [0.1, 0.15) is 41.3 Å². The fraction of sp³-hybridized carbons (Fsp3) is 0.333. The number of hydrogen-bond acceptors (Lipinski definition) is 5. The Morgan fingerprint density at radius 3 is 3.00 bits per heavy atom. The van der Waals surface area contributed by atoms with Crippen molar-refractivity contribution in [3.63, 3.8) is 0 Å². The van der Waals surface area contributed by atoms with Crippen molar-refractivity contribution in [2.24, 2.45) is 0 Å². The van der Waals surface area contributed by atoms with Crippen molar-refractivity contribution in [1.82, 2.24) is 9.59 Å². The van der Waals surface area contributed by atoms with Crippen LogP contribution in [-0.4, -0.2) is 14.7 Å². The lowest BCUT2D eigenvalue weighted by atomic mass is 10.1. The first kappa shape index (κ1) is 13.3. The largest absolute Gasteiger partial charge is 0.458 e. The molecule has 2 heterocycles. The molecule has 3 aromatic rings. The summed E-state index contributed by atoms with van der Waals surface area (Å²) < 4.78 is 9.77. The molecule has 1 aromatic carbocycles. The molecule has 0 radical (unpaired) electrons. The van der Waals surface area contributed by atoms with Gasteiger partial charge in [-0.25, -0.2) is 0 Å². The van der Waals surface area contributed by atoms with Gasteiger partial charge in [0, 0.05) is 5.39 Å². The summed E-state index contributed by atoms with van der Waals surface area (Å²) in [5.74, 6) is 0.553. The zero-order valence-corrected chi connectivity index (χ0v) is 12.3. The molecule has 20 heavy (non-hydrogen) atoms. The zero-order valence-electron chi connectivity index (χ0n) is 11.5. The van der Waals surface area contributed by atoms with Crippen LogP contribution in [0.15, 0.2) is 28.7 Å². The van der Waals surface area contributed by atoms with Crippen molar-refractivity contribution in [3.8, 4) is 0 Å². The number of rotatable bonds is 4. The van der Waals surface area contributed by atoms with Gasteiger partial charge in [0.1, 0.15) is 17.4 Å². The molecule has 0 aliphatic heterocycles. The van der Waals surface area contributed by atoms with E-state index < -0.39 is 6.10 Å². The van der Waals surface area contributed by atoms with Crippen LogP contribution in [0.4, 0.5) is 0 Å². The van der Waals surface area contributed by atoms with Gasteiger partial charge in [-0.2, -0.15) is 0 Å². The van der Waals surface area contributed by atoms with E-state index in [2.05, 4.69) is 16.5 Å². The summed E-state index contributed by atoms with van der Waals surface area (Å²) >= 11 is 1.24. The van der Waals surface area contributed by atoms with Crippen LogP contribution in [0.3, 0.4) is 0 Å². The maximum absolute atomic E-state index is 10.5. The van der Waals surface area contributed by atoms with Crippen LogP contribution in [0.2, 0.25) is 0 Å². The third-order valence-electron chi connectivity index (χ3n) is 3.35. The molecular formula is C15H16N2O2S. The summed E-state index contributed by atoms with van der Waals surface area (Å²) in [7, 11) is 0. The Bertz CT molecular complexity index is 732. The Balaban J connectivity index is 2.01. The monoisotopic (exact) mass is 288 g/mol. The molecule has 4 nitrogen and oxygen atoms in total. The summed E-state index contributed by atoms with van der Waals surface area (Å²) in [5.41, 5.74) is 2.76. The molecule has 1 unspecified atom stereocenters. The van der Waals surface area contributed by atoms with E-state index in [1.165, 1.54) is 11.5 Å². The van der Waals surface area contributed by atoms with Crippen molar-refractivity contribution in [1.29, 1.82) is 0 Å². The molecule has 0 saturated heterocycles. The molecule has 2 aromatic heterocycles. The zero-order chi connectivity index (χ0) is 14.1. The molecule has 0 spiro atoms. The van der Waals surface area contributed by atoms with Gasteiger partial charge in [-0.15, -0.1) is 5.10 Å². The molecule has 3 rings (SSSR count). The molecule has 0 bridgehead atoms. The van der Waals surface area contributed by atoms with Gasteiger partial charge in [-0.3, -0.25) is 0 Å². The molecule has 0 fully saturated rings. The third kappa shape index (κ3) is 2.23. The van der Waals surface area contributed by atoms with Gasteiger partial charge < -0.3 is 9.52 Å². The maximum Gasteiger partial charge on any atom is 0.149 e. The Morgan fingerprint density at radius 1 is 1.40 bits per heavy atom. The van der Waals surface area contributed by atoms with Gasteiger partial charge in [0.2, 0.25) is 0 Å². The number of nitrogens with zero attached hydrogens (tertiary/aromatic N) is 2. The van der Waals surface area contributed by atoms with Crippen LogP contribution in [0.25, 0.3) is 11.0 Å². The number of aryl methyl sites for hydroxylation is 2. The van der Waals surface area contributed by atoms with Crippen LogP contribution in [0, 0.1) is 6.92 Å². The van der Waals surface area contributed by atoms with Crippen molar-refractivity contribution in [3.05, 3.63) is 46.2 Å². The first-order chi connectivity index (χ1) is 9.70. The van der Waals surface area contributed by atoms with Crippen LogP contribution < -0.4 is 0 Å². The lowest BCUT2D eigenvalue weighted by molar-refractivity contribution is 0.194. The summed E-state index contributed by atoms with van der Waals surface area (Å²) in [6, 6.07) is 7.86. The van der Waals surface area contributed by atoms with Crippen molar-refractivity contribution in [2.75, 3.05) is 0 Å². The number of para-hydroxylation sites is 1. The van der Waals surface area contributed by atoms with Gasteiger partial charge in [-0.1, -0.05) is 36.0 Å². The van der Waals surface area contributed by atoms with E-state index in [-0.39, 0.29) is 0 Å². The van der Waals surface area contributed by atoms with Crippen LogP contribution in [0.5, 0.6) is 0 Å². The standard InChI is InChI=1S/C15H16N2O2S/c1-3-5-11-15(20-17-16-11)13(18)12-8-10-7-4-6-9(2)14(10)19-12/h4,6-8,13,18H,3,5H2,1-2H3. The highest BCUT2D eigenvalue weighted by atomic mass is 32.1. The van der Waals surface area contributed by atoms with Gasteiger partial charge in [0.05, 0.1) is 10.6 Å². The molecular weight excluding hydrogens is 272 g/mol. The van der Waals surface area contributed by atoms with Gasteiger partial charge in [0.15, 0.2) is 0 Å². The highest BCUT2D eigenvalue weighted by Crippen LogP contribution is 2.32. The van der Waals surface area contributed by atoms with Crippen LogP contribution >= 0.6 is 11.5 Å². The molecule has 0 amide bonds. The summed E-state index contributed by atoms with van der Waals surface area (Å²) in [6.45, 7) is 4.08. The average Bonchev–Trinajstić information content (AvgIpc) is 3.05. The Kier molecular flexibility index (Phi) is 3.54. The minimum atomic E-state index is -0.789. The highest BCUT2D eigenvalue weighted by molar-refractivity contribution is 7.05. The van der Waals surface area contributed by atoms with Crippen LogP contribution in [-0.2, 0) is 6.42 Å². The predicted molar refractivity (Wildman–Crippen MR) is 78.9 cm³/mol. The van der Waals surface area contributed by atoms with E-state index in [0.717, 1.165) is 39.9 Å². The normalized spacial score (nSPS) is 12.9. The molecule has 0 aliphatic rings. The fourth-order valence-electron chi connectivity index (χ4n) is 2.33. The van der Waals surface area contributed by atoms with Crippen molar-refractivity contribution < 1.29 is 9.52 Å². The number of aliphatic hydroxyl groups is 1. The molecule has 104 valence electrons. The second-order valence-electron chi connectivity index (χ2n) is 4.88.